The largest absolute Gasteiger partial charge is 0.507 e. The zero-order valence-corrected chi connectivity index (χ0v) is 13.8. The molecule has 1 heterocycles. The van der Waals surface area contributed by atoms with Crippen molar-refractivity contribution in [2.24, 2.45) is 0 Å². The fourth-order valence-corrected chi connectivity index (χ4v) is 2.68. The molecule has 130 valence electrons. The number of phenols is 2. The van der Waals surface area contributed by atoms with Crippen molar-refractivity contribution in [3.63, 3.8) is 0 Å². The van der Waals surface area contributed by atoms with Gasteiger partial charge in [-0.3, -0.25) is 4.79 Å². The van der Waals surface area contributed by atoms with Crippen LogP contribution in [0.1, 0.15) is 0 Å². The van der Waals surface area contributed by atoms with Crippen molar-refractivity contribution >= 4 is 11.0 Å². The SMILES string of the molecule is COc1cc(O)c2c(=O)cc(-c3cccc(O)c3OC)oc2c1OC. The Morgan fingerprint density at radius 2 is 1.64 bits per heavy atom. The number of para-hydroxylation sites is 1. The van der Waals surface area contributed by atoms with E-state index in [2.05, 4.69) is 0 Å². The number of ether oxygens (including phenoxy) is 3. The number of rotatable bonds is 4. The van der Waals surface area contributed by atoms with Crippen molar-refractivity contribution in [1.82, 2.24) is 0 Å². The molecular weight excluding hydrogens is 328 g/mol. The molecule has 0 spiro atoms. The van der Waals surface area contributed by atoms with Crippen molar-refractivity contribution < 1.29 is 28.8 Å². The number of methoxy groups -OCH3 is 3. The van der Waals surface area contributed by atoms with Gasteiger partial charge >= 0.3 is 0 Å². The molecule has 3 aromatic rings. The summed E-state index contributed by atoms with van der Waals surface area (Å²) in [5.74, 6) is 0.329. The van der Waals surface area contributed by atoms with E-state index in [1.165, 1.54) is 39.5 Å². The van der Waals surface area contributed by atoms with Crippen molar-refractivity contribution in [2.75, 3.05) is 21.3 Å². The number of phenolic OH excluding ortho intramolecular Hbond substituents is 2. The summed E-state index contributed by atoms with van der Waals surface area (Å²) in [6.45, 7) is 0. The Morgan fingerprint density at radius 1 is 0.920 bits per heavy atom. The van der Waals surface area contributed by atoms with Crippen molar-refractivity contribution in [1.29, 1.82) is 0 Å². The minimum atomic E-state index is -0.472. The fourth-order valence-electron chi connectivity index (χ4n) is 2.68. The van der Waals surface area contributed by atoms with Crippen LogP contribution in [0, 0.1) is 0 Å². The molecule has 7 nitrogen and oxygen atoms in total. The number of aromatic hydroxyl groups is 2. The fraction of sp³-hybridized carbons (Fsp3) is 0.167. The third kappa shape index (κ3) is 2.59. The Hall–Kier alpha value is -3.35. The van der Waals surface area contributed by atoms with Gasteiger partial charge in [-0.15, -0.1) is 0 Å². The molecule has 1 aromatic heterocycles. The highest BCUT2D eigenvalue weighted by atomic mass is 16.5. The predicted octanol–water partition coefficient (Wildman–Crippen LogP) is 2.90. The first-order chi connectivity index (χ1) is 12.0. The zero-order chi connectivity index (χ0) is 18.1. The first kappa shape index (κ1) is 16.5. The van der Waals surface area contributed by atoms with Crippen LogP contribution in [-0.2, 0) is 0 Å². The molecule has 2 N–H and O–H groups in total. The Labute approximate surface area is 142 Å². The van der Waals surface area contributed by atoms with E-state index in [1.807, 2.05) is 0 Å². The van der Waals surface area contributed by atoms with E-state index in [0.29, 0.717) is 5.56 Å². The quantitative estimate of drug-likeness (QED) is 0.751. The highest BCUT2D eigenvalue weighted by molar-refractivity contribution is 5.92. The van der Waals surface area contributed by atoms with Crippen LogP contribution in [-0.4, -0.2) is 31.5 Å². The van der Waals surface area contributed by atoms with Crippen molar-refractivity contribution in [3.8, 4) is 40.1 Å². The Kier molecular flexibility index (Phi) is 4.14. The minimum Gasteiger partial charge on any atom is -0.507 e. The molecule has 0 atom stereocenters. The topological polar surface area (TPSA) is 98.4 Å². The second-order valence-corrected chi connectivity index (χ2v) is 5.17. The van der Waals surface area contributed by atoms with E-state index in [9.17, 15) is 15.0 Å². The number of benzene rings is 2. The molecule has 0 saturated carbocycles. The van der Waals surface area contributed by atoms with Crippen LogP contribution in [0.4, 0.5) is 0 Å². The van der Waals surface area contributed by atoms with Crippen LogP contribution < -0.4 is 19.6 Å². The van der Waals surface area contributed by atoms with Gasteiger partial charge < -0.3 is 28.8 Å². The predicted molar refractivity (Wildman–Crippen MR) is 90.9 cm³/mol. The summed E-state index contributed by atoms with van der Waals surface area (Å²) < 4.78 is 21.4. The third-order valence-electron chi connectivity index (χ3n) is 3.79. The van der Waals surface area contributed by atoms with Crippen LogP contribution in [0.25, 0.3) is 22.3 Å². The first-order valence-electron chi connectivity index (χ1n) is 7.30. The van der Waals surface area contributed by atoms with E-state index in [0.717, 1.165) is 0 Å². The highest BCUT2D eigenvalue weighted by Crippen LogP contribution is 2.43. The van der Waals surface area contributed by atoms with E-state index in [-0.39, 0.29) is 45.5 Å². The van der Waals surface area contributed by atoms with Crippen molar-refractivity contribution in [3.05, 3.63) is 40.6 Å². The van der Waals surface area contributed by atoms with Gasteiger partial charge in [0.15, 0.2) is 28.3 Å². The van der Waals surface area contributed by atoms with E-state index in [4.69, 9.17) is 18.6 Å². The standard InChI is InChI=1S/C18H16O7/c1-22-14-8-12(21)15-11(20)7-13(25-18(15)17(14)24-3)9-5-4-6-10(19)16(9)23-2/h4-8,19,21H,1-3H3. The number of hydrogen-bond donors (Lipinski definition) is 2. The Bertz CT molecular complexity index is 1000. The van der Waals surface area contributed by atoms with Crippen LogP contribution in [0.15, 0.2) is 39.5 Å². The van der Waals surface area contributed by atoms with E-state index in [1.54, 1.807) is 12.1 Å². The van der Waals surface area contributed by atoms with Gasteiger partial charge in [-0.1, -0.05) is 6.07 Å². The molecule has 0 bridgehead atoms. The van der Waals surface area contributed by atoms with Gasteiger partial charge in [0.2, 0.25) is 5.75 Å². The summed E-state index contributed by atoms with van der Waals surface area (Å²) in [6.07, 6.45) is 0. The molecule has 0 fully saturated rings. The molecule has 0 aliphatic rings. The summed E-state index contributed by atoms with van der Waals surface area (Å²) in [4.78, 5) is 12.5. The Morgan fingerprint density at radius 3 is 2.28 bits per heavy atom. The lowest BCUT2D eigenvalue weighted by molar-refractivity contribution is 0.350. The van der Waals surface area contributed by atoms with Gasteiger partial charge in [0, 0.05) is 12.1 Å². The second-order valence-electron chi connectivity index (χ2n) is 5.17. The smallest absolute Gasteiger partial charge is 0.205 e. The number of fused-ring (bicyclic) bond motifs is 1. The molecule has 7 heteroatoms. The molecule has 0 radical (unpaired) electrons. The average molecular weight is 344 g/mol. The molecule has 0 saturated heterocycles. The molecular formula is C18H16O7. The third-order valence-corrected chi connectivity index (χ3v) is 3.79. The maximum Gasteiger partial charge on any atom is 0.205 e. The highest BCUT2D eigenvalue weighted by Gasteiger charge is 2.21. The minimum absolute atomic E-state index is 0.0273. The summed E-state index contributed by atoms with van der Waals surface area (Å²) in [6, 6.07) is 7.18. The molecule has 0 amide bonds. The van der Waals surface area contributed by atoms with Crippen LogP contribution in [0.2, 0.25) is 0 Å². The average Bonchev–Trinajstić information content (AvgIpc) is 2.60. The molecule has 25 heavy (non-hydrogen) atoms. The van der Waals surface area contributed by atoms with Crippen molar-refractivity contribution in [2.45, 2.75) is 0 Å². The molecule has 3 rings (SSSR count). The zero-order valence-electron chi connectivity index (χ0n) is 13.8. The monoisotopic (exact) mass is 344 g/mol. The summed E-state index contributed by atoms with van der Waals surface area (Å²) in [7, 11) is 4.20. The van der Waals surface area contributed by atoms with Crippen LogP contribution >= 0.6 is 0 Å². The molecule has 0 aliphatic carbocycles. The van der Waals surface area contributed by atoms with Gasteiger partial charge in [0.25, 0.3) is 0 Å². The summed E-state index contributed by atoms with van der Waals surface area (Å²) in [5, 5.41) is 20.0. The first-order valence-corrected chi connectivity index (χ1v) is 7.30. The lowest BCUT2D eigenvalue weighted by atomic mass is 10.1. The van der Waals surface area contributed by atoms with Gasteiger partial charge in [-0.05, 0) is 12.1 Å². The lowest BCUT2D eigenvalue weighted by Gasteiger charge is -2.13. The van der Waals surface area contributed by atoms with Gasteiger partial charge in [0.05, 0.1) is 26.9 Å². The summed E-state index contributed by atoms with van der Waals surface area (Å²) in [5.41, 5.74) is -0.0572. The lowest BCUT2D eigenvalue weighted by Crippen LogP contribution is -2.03. The van der Waals surface area contributed by atoms with Gasteiger partial charge in [-0.2, -0.15) is 0 Å². The van der Waals surface area contributed by atoms with Gasteiger partial charge in [-0.25, -0.2) is 0 Å². The maximum atomic E-state index is 12.5. The van der Waals surface area contributed by atoms with Gasteiger partial charge in [0.1, 0.15) is 16.9 Å². The Balaban J connectivity index is 2.41. The number of hydrogen-bond acceptors (Lipinski definition) is 7. The van der Waals surface area contributed by atoms with Crippen LogP contribution in [0.3, 0.4) is 0 Å². The second kappa shape index (κ2) is 6.27. The maximum absolute atomic E-state index is 12.5. The molecule has 2 aromatic carbocycles. The molecule has 0 unspecified atom stereocenters. The van der Waals surface area contributed by atoms with E-state index >= 15 is 0 Å². The normalized spacial score (nSPS) is 10.7. The molecule has 0 aliphatic heterocycles. The van der Waals surface area contributed by atoms with Crippen LogP contribution in [0.5, 0.6) is 28.7 Å². The summed E-state index contributed by atoms with van der Waals surface area (Å²) >= 11 is 0. The van der Waals surface area contributed by atoms with E-state index < -0.39 is 5.43 Å².